The molecule has 0 radical (unpaired) electrons. The second kappa shape index (κ2) is 13.2. The molecule has 31 heavy (non-hydrogen) atoms. The Labute approximate surface area is 206 Å². The third-order valence-corrected chi connectivity index (χ3v) is 5.01. The van der Waals surface area contributed by atoms with Gasteiger partial charge in [-0.3, -0.25) is 0 Å². The quantitative estimate of drug-likeness (QED) is 0.233. The first-order chi connectivity index (χ1) is 14.7. The zero-order valence-corrected chi connectivity index (χ0v) is 20.9. The Hall–Kier alpha value is -2.26. The first-order valence-electron chi connectivity index (χ1n) is 10.1. The van der Waals surface area contributed by atoms with Crippen molar-refractivity contribution in [2.75, 3.05) is 20.2 Å². The lowest BCUT2D eigenvalue weighted by Crippen LogP contribution is -2.38. The van der Waals surface area contributed by atoms with Crippen molar-refractivity contribution in [2.24, 2.45) is 4.99 Å². The van der Waals surface area contributed by atoms with E-state index in [0.29, 0.717) is 11.6 Å². The Bertz CT molecular complexity index is 945. The number of benzene rings is 2. The monoisotopic (exact) mass is 553 g/mol. The fourth-order valence-corrected chi connectivity index (χ4v) is 3.29. The molecule has 0 saturated carbocycles. The SMILES string of the molecule is CCNC(=NCc1ccc(Cn2ccnc2)cc1)NCCc1ccc(OC)cc1Cl.I. The zero-order valence-electron chi connectivity index (χ0n) is 17.8. The summed E-state index contributed by atoms with van der Waals surface area (Å²) >= 11 is 6.32. The molecule has 6 nitrogen and oxygen atoms in total. The molecule has 0 bridgehead atoms. The lowest BCUT2D eigenvalue weighted by Gasteiger charge is -2.12. The smallest absolute Gasteiger partial charge is 0.191 e. The number of hydrogen-bond donors (Lipinski definition) is 2. The minimum atomic E-state index is 0. The summed E-state index contributed by atoms with van der Waals surface area (Å²) in [4.78, 5) is 8.77. The van der Waals surface area contributed by atoms with E-state index in [0.717, 1.165) is 43.3 Å². The number of aromatic nitrogens is 2. The van der Waals surface area contributed by atoms with Gasteiger partial charge in [-0.25, -0.2) is 9.98 Å². The van der Waals surface area contributed by atoms with E-state index in [-0.39, 0.29) is 24.0 Å². The van der Waals surface area contributed by atoms with Crippen LogP contribution in [0.25, 0.3) is 0 Å². The first-order valence-corrected chi connectivity index (χ1v) is 10.4. The maximum absolute atomic E-state index is 6.32. The number of guanidine groups is 1. The number of methoxy groups -OCH3 is 1. The maximum atomic E-state index is 6.32. The van der Waals surface area contributed by atoms with Gasteiger partial charge in [0.15, 0.2) is 5.96 Å². The number of ether oxygens (including phenoxy) is 1. The molecule has 3 aromatic rings. The van der Waals surface area contributed by atoms with Gasteiger partial charge in [0.1, 0.15) is 5.75 Å². The third-order valence-electron chi connectivity index (χ3n) is 4.66. The van der Waals surface area contributed by atoms with Crippen molar-refractivity contribution in [2.45, 2.75) is 26.4 Å². The fourth-order valence-electron chi connectivity index (χ4n) is 3.03. The van der Waals surface area contributed by atoms with Crippen molar-refractivity contribution in [3.05, 3.63) is 82.9 Å². The molecule has 0 spiro atoms. The van der Waals surface area contributed by atoms with Gasteiger partial charge in [0.25, 0.3) is 0 Å². The summed E-state index contributed by atoms with van der Waals surface area (Å²) in [5.41, 5.74) is 3.48. The highest BCUT2D eigenvalue weighted by atomic mass is 127. The number of imidazole rings is 1. The normalized spacial score (nSPS) is 11.0. The number of nitrogens with one attached hydrogen (secondary N) is 2. The summed E-state index contributed by atoms with van der Waals surface area (Å²) < 4.78 is 7.25. The van der Waals surface area contributed by atoms with Crippen LogP contribution >= 0.6 is 35.6 Å². The molecule has 0 aliphatic heterocycles. The van der Waals surface area contributed by atoms with Crippen LogP contribution in [0.15, 0.2) is 66.2 Å². The first kappa shape index (κ1) is 25.0. The van der Waals surface area contributed by atoms with E-state index in [9.17, 15) is 0 Å². The standard InChI is InChI=1S/C23H28ClN5O.HI/c1-3-26-23(27-11-10-20-8-9-21(30-2)14-22(20)24)28-15-18-4-6-19(7-5-18)16-29-13-12-25-17-29;/h4-9,12-14,17H,3,10-11,15-16H2,1-2H3,(H2,26,27,28);1H. The van der Waals surface area contributed by atoms with Crippen LogP contribution in [0, 0.1) is 0 Å². The van der Waals surface area contributed by atoms with Crippen LogP contribution in [-0.2, 0) is 19.5 Å². The highest BCUT2D eigenvalue weighted by Gasteiger charge is 2.04. The van der Waals surface area contributed by atoms with Crippen LogP contribution in [0.2, 0.25) is 5.02 Å². The Balaban J connectivity index is 0.00000341. The van der Waals surface area contributed by atoms with Gasteiger partial charge in [-0.05, 0) is 42.2 Å². The average molecular weight is 554 g/mol. The van der Waals surface area contributed by atoms with Crippen LogP contribution in [0.1, 0.15) is 23.6 Å². The molecule has 0 atom stereocenters. The van der Waals surface area contributed by atoms with Gasteiger partial charge < -0.3 is 19.9 Å². The van der Waals surface area contributed by atoms with Crippen LogP contribution in [0.3, 0.4) is 0 Å². The number of nitrogens with zero attached hydrogens (tertiary/aromatic N) is 3. The highest BCUT2D eigenvalue weighted by molar-refractivity contribution is 14.0. The predicted octanol–water partition coefficient (Wildman–Crippen LogP) is 4.51. The Morgan fingerprint density at radius 3 is 2.55 bits per heavy atom. The number of aliphatic imine (C=N–C) groups is 1. The second-order valence-electron chi connectivity index (χ2n) is 6.88. The predicted molar refractivity (Wildman–Crippen MR) is 138 cm³/mol. The Morgan fingerprint density at radius 1 is 1.13 bits per heavy atom. The van der Waals surface area contributed by atoms with E-state index >= 15 is 0 Å². The minimum Gasteiger partial charge on any atom is -0.497 e. The summed E-state index contributed by atoms with van der Waals surface area (Å²) in [5.74, 6) is 1.56. The van der Waals surface area contributed by atoms with Crippen molar-refractivity contribution in [1.29, 1.82) is 0 Å². The molecule has 0 fully saturated rings. The molecular weight excluding hydrogens is 525 g/mol. The van der Waals surface area contributed by atoms with Crippen LogP contribution in [0.4, 0.5) is 0 Å². The van der Waals surface area contributed by atoms with E-state index in [1.165, 1.54) is 11.1 Å². The summed E-state index contributed by atoms with van der Waals surface area (Å²) in [6.45, 7) is 5.04. The van der Waals surface area contributed by atoms with Crippen LogP contribution < -0.4 is 15.4 Å². The van der Waals surface area contributed by atoms with Gasteiger partial charge in [0.2, 0.25) is 0 Å². The number of rotatable bonds is 9. The molecule has 0 aliphatic rings. The van der Waals surface area contributed by atoms with Gasteiger partial charge in [-0.1, -0.05) is 41.9 Å². The average Bonchev–Trinajstić information content (AvgIpc) is 3.27. The molecule has 1 aromatic heterocycles. The van der Waals surface area contributed by atoms with Crippen LogP contribution in [0.5, 0.6) is 5.75 Å². The molecule has 0 aliphatic carbocycles. The Morgan fingerprint density at radius 2 is 1.90 bits per heavy atom. The summed E-state index contributed by atoms with van der Waals surface area (Å²) in [5, 5.41) is 7.38. The van der Waals surface area contributed by atoms with Gasteiger partial charge >= 0.3 is 0 Å². The molecule has 1 heterocycles. The third kappa shape index (κ3) is 8.06. The van der Waals surface area contributed by atoms with Crippen molar-refractivity contribution in [3.63, 3.8) is 0 Å². The van der Waals surface area contributed by atoms with Gasteiger partial charge in [-0.2, -0.15) is 0 Å². The molecule has 0 amide bonds. The van der Waals surface area contributed by atoms with Crippen molar-refractivity contribution < 1.29 is 4.74 Å². The molecule has 3 rings (SSSR count). The molecule has 2 N–H and O–H groups in total. The number of hydrogen-bond acceptors (Lipinski definition) is 3. The summed E-state index contributed by atoms with van der Waals surface area (Å²) in [6.07, 6.45) is 6.38. The minimum absolute atomic E-state index is 0. The highest BCUT2D eigenvalue weighted by Crippen LogP contribution is 2.22. The van der Waals surface area contributed by atoms with Crippen LogP contribution in [-0.4, -0.2) is 35.7 Å². The molecule has 0 unspecified atom stereocenters. The molecule has 0 saturated heterocycles. The van der Waals surface area contributed by atoms with E-state index in [1.807, 2.05) is 30.7 Å². The summed E-state index contributed by atoms with van der Waals surface area (Å²) in [7, 11) is 1.64. The lowest BCUT2D eigenvalue weighted by molar-refractivity contribution is 0.414. The maximum Gasteiger partial charge on any atom is 0.191 e. The molecule has 2 aromatic carbocycles. The van der Waals surface area contributed by atoms with E-state index < -0.39 is 0 Å². The van der Waals surface area contributed by atoms with Gasteiger partial charge in [0.05, 0.1) is 20.0 Å². The molecule has 166 valence electrons. The Kier molecular flexibility index (Phi) is 10.7. The van der Waals surface area contributed by atoms with Gasteiger partial charge in [0, 0.05) is 37.1 Å². The lowest BCUT2D eigenvalue weighted by atomic mass is 10.1. The summed E-state index contributed by atoms with van der Waals surface area (Å²) in [6, 6.07) is 14.3. The fraction of sp³-hybridized carbons (Fsp3) is 0.304. The molecular formula is C23H29ClIN5O. The van der Waals surface area contributed by atoms with E-state index in [1.54, 1.807) is 13.3 Å². The van der Waals surface area contributed by atoms with E-state index in [2.05, 4.69) is 51.4 Å². The van der Waals surface area contributed by atoms with Crippen molar-refractivity contribution in [1.82, 2.24) is 20.2 Å². The second-order valence-corrected chi connectivity index (χ2v) is 7.29. The topological polar surface area (TPSA) is 63.5 Å². The van der Waals surface area contributed by atoms with Crippen molar-refractivity contribution in [3.8, 4) is 5.75 Å². The van der Waals surface area contributed by atoms with Gasteiger partial charge in [-0.15, -0.1) is 24.0 Å². The number of halogens is 2. The zero-order chi connectivity index (χ0) is 21.2. The van der Waals surface area contributed by atoms with E-state index in [4.69, 9.17) is 21.3 Å². The largest absolute Gasteiger partial charge is 0.497 e. The van der Waals surface area contributed by atoms with Crippen molar-refractivity contribution >= 4 is 41.5 Å². The molecule has 8 heteroatoms.